The van der Waals surface area contributed by atoms with E-state index < -0.39 is 0 Å². The zero-order valence-corrected chi connectivity index (χ0v) is 10.0. The molecule has 1 aliphatic rings. The second kappa shape index (κ2) is 3.97. The minimum Gasteiger partial charge on any atom is -0.308 e. The van der Waals surface area contributed by atoms with Crippen molar-refractivity contribution in [1.29, 1.82) is 0 Å². The molecule has 2 rings (SSSR count). The highest BCUT2D eigenvalue weighted by atomic mass is 15.0. The van der Waals surface area contributed by atoms with Gasteiger partial charge in [0.1, 0.15) is 0 Å². The maximum Gasteiger partial charge on any atom is 0.0436 e. The van der Waals surface area contributed by atoms with Crippen molar-refractivity contribution in [3.05, 3.63) is 35.4 Å². The van der Waals surface area contributed by atoms with Crippen LogP contribution in [0.15, 0.2) is 24.3 Å². The van der Waals surface area contributed by atoms with Gasteiger partial charge in [-0.2, -0.15) is 0 Å². The van der Waals surface area contributed by atoms with Crippen LogP contribution in [0.3, 0.4) is 0 Å². The van der Waals surface area contributed by atoms with E-state index in [1.54, 1.807) is 0 Å². The molecule has 1 N–H and O–H groups in total. The third kappa shape index (κ3) is 2.07. The second-order valence-electron chi connectivity index (χ2n) is 4.89. The third-order valence-electron chi connectivity index (χ3n) is 3.40. The highest BCUT2D eigenvalue weighted by molar-refractivity contribution is 5.33. The molecule has 1 aliphatic carbocycles. The van der Waals surface area contributed by atoms with Crippen molar-refractivity contribution in [3.8, 4) is 0 Å². The quantitative estimate of drug-likeness (QED) is 0.791. The van der Waals surface area contributed by atoms with E-state index in [-0.39, 0.29) is 1.43 Å². The van der Waals surface area contributed by atoms with Gasteiger partial charge in [-0.1, -0.05) is 45.0 Å². The van der Waals surface area contributed by atoms with Crippen molar-refractivity contribution in [3.63, 3.8) is 0 Å². The smallest absolute Gasteiger partial charge is 0.0436 e. The Morgan fingerprint density at radius 3 is 2.27 bits per heavy atom. The van der Waals surface area contributed by atoms with Crippen LogP contribution in [0.1, 0.15) is 52.1 Å². The van der Waals surface area contributed by atoms with Crippen molar-refractivity contribution in [2.75, 3.05) is 6.54 Å². The van der Waals surface area contributed by atoms with Gasteiger partial charge in [0.2, 0.25) is 0 Å². The summed E-state index contributed by atoms with van der Waals surface area (Å²) >= 11 is 0. The Labute approximate surface area is 94.4 Å². The van der Waals surface area contributed by atoms with E-state index in [1.807, 2.05) is 0 Å². The molecule has 1 fully saturated rings. The van der Waals surface area contributed by atoms with Crippen LogP contribution < -0.4 is 5.32 Å². The van der Waals surface area contributed by atoms with Crippen LogP contribution in [-0.2, 0) is 5.54 Å². The largest absolute Gasteiger partial charge is 0.308 e. The lowest BCUT2D eigenvalue weighted by Crippen LogP contribution is -2.28. The fourth-order valence-corrected chi connectivity index (χ4v) is 2.22. The molecule has 0 bridgehead atoms. The van der Waals surface area contributed by atoms with Gasteiger partial charge in [-0.15, -0.1) is 0 Å². The molecule has 84 valence electrons. The Morgan fingerprint density at radius 2 is 1.87 bits per heavy atom. The van der Waals surface area contributed by atoms with Gasteiger partial charge in [-0.3, -0.25) is 0 Å². The molecule has 1 aromatic rings. The lowest BCUT2D eigenvalue weighted by molar-refractivity contribution is 0.539. The summed E-state index contributed by atoms with van der Waals surface area (Å²) in [6.45, 7) is 7.73. The Hall–Kier alpha value is -0.820. The van der Waals surface area contributed by atoms with Gasteiger partial charge in [-0.25, -0.2) is 0 Å². The highest BCUT2D eigenvalue weighted by Gasteiger charge is 2.43. The van der Waals surface area contributed by atoms with Crippen molar-refractivity contribution >= 4 is 0 Å². The lowest BCUT2D eigenvalue weighted by Gasteiger charge is -2.17. The van der Waals surface area contributed by atoms with Gasteiger partial charge in [0.05, 0.1) is 0 Å². The molecule has 0 unspecified atom stereocenters. The van der Waals surface area contributed by atoms with Gasteiger partial charge in [0.25, 0.3) is 0 Å². The summed E-state index contributed by atoms with van der Waals surface area (Å²) in [7, 11) is 0. The zero-order chi connectivity index (χ0) is 10.9. The van der Waals surface area contributed by atoms with Gasteiger partial charge in [-0.05, 0) is 36.4 Å². The standard InChI is InChI=1S/C14H21N.H2/c1-4-15-14(9-10-14)13-7-5-12(6-8-13)11(2)3;/h5-8,11,15H,4,9-10H2,1-3H3;1H. The molecule has 1 nitrogen and oxygen atoms in total. The predicted octanol–water partition coefficient (Wildman–Crippen LogP) is 3.65. The number of nitrogens with one attached hydrogen (secondary N) is 1. The summed E-state index contributed by atoms with van der Waals surface area (Å²) in [5.74, 6) is 0.633. The number of hydrogen-bond donors (Lipinski definition) is 1. The van der Waals surface area contributed by atoms with Crippen LogP contribution in [0.5, 0.6) is 0 Å². The third-order valence-corrected chi connectivity index (χ3v) is 3.40. The van der Waals surface area contributed by atoms with E-state index in [0.29, 0.717) is 11.5 Å². The number of hydrogen-bond acceptors (Lipinski definition) is 1. The topological polar surface area (TPSA) is 12.0 Å². The van der Waals surface area contributed by atoms with Gasteiger partial charge in [0.15, 0.2) is 0 Å². The van der Waals surface area contributed by atoms with Crippen LogP contribution in [0.2, 0.25) is 0 Å². The summed E-state index contributed by atoms with van der Waals surface area (Å²) in [4.78, 5) is 0. The predicted molar refractivity (Wildman–Crippen MR) is 67.2 cm³/mol. The molecular formula is C14H23N. The summed E-state index contributed by atoms with van der Waals surface area (Å²) in [6.07, 6.45) is 2.59. The molecular weight excluding hydrogens is 182 g/mol. The van der Waals surface area contributed by atoms with Crippen molar-refractivity contribution in [1.82, 2.24) is 5.32 Å². The molecule has 0 aliphatic heterocycles. The maximum atomic E-state index is 3.60. The van der Waals surface area contributed by atoms with Crippen LogP contribution in [-0.4, -0.2) is 6.54 Å². The Balaban J connectivity index is 0.00000128. The second-order valence-corrected chi connectivity index (χ2v) is 4.89. The van der Waals surface area contributed by atoms with E-state index in [9.17, 15) is 0 Å². The van der Waals surface area contributed by atoms with Crippen LogP contribution >= 0.6 is 0 Å². The lowest BCUT2D eigenvalue weighted by atomic mass is 9.98. The average molecular weight is 205 g/mol. The van der Waals surface area contributed by atoms with Gasteiger partial charge < -0.3 is 5.32 Å². The highest BCUT2D eigenvalue weighted by Crippen LogP contribution is 2.45. The van der Waals surface area contributed by atoms with E-state index >= 15 is 0 Å². The fourth-order valence-electron chi connectivity index (χ4n) is 2.22. The molecule has 15 heavy (non-hydrogen) atoms. The van der Waals surface area contributed by atoms with Crippen LogP contribution in [0.4, 0.5) is 0 Å². The normalized spacial score (nSPS) is 18.1. The van der Waals surface area contributed by atoms with E-state index in [2.05, 4.69) is 50.4 Å². The molecule has 0 saturated heterocycles. The first-order valence-electron chi connectivity index (χ1n) is 6.03. The van der Waals surface area contributed by atoms with Crippen molar-refractivity contribution < 1.29 is 1.43 Å². The number of benzene rings is 1. The minimum atomic E-state index is 0. The molecule has 1 saturated carbocycles. The fraction of sp³-hybridized carbons (Fsp3) is 0.571. The maximum absolute atomic E-state index is 3.60. The van der Waals surface area contributed by atoms with Crippen LogP contribution in [0, 0.1) is 0 Å². The number of rotatable bonds is 4. The molecule has 0 heterocycles. The molecule has 0 amide bonds. The van der Waals surface area contributed by atoms with E-state index in [1.165, 1.54) is 24.0 Å². The van der Waals surface area contributed by atoms with Crippen molar-refractivity contribution in [2.24, 2.45) is 0 Å². The summed E-state index contributed by atoms with van der Waals surface area (Å²) in [5, 5.41) is 3.60. The summed E-state index contributed by atoms with van der Waals surface area (Å²) < 4.78 is 0. The molecule has 0 radical (unpaired) electrons. The average Bonchev–Trinajstić information content (AvgIpc) is 3.00. The molecule has 1 aromatic carbocycles. The minimum absolute atomic E-state index is 0. The van der Waals surface area contributed by atoms with Crippen molar-refractivity contribution in [2.45, 2.75) is 45.1 Å². The van der Waals surface area contributed by atoms with Gasteiger partial charge >= 0.3 is 0 Å². The molecule has 1 heteroatoms. The Kier molecular flexibility index (Phi) is 2.83. The molecule has 0 spiro atoms. The summed E-state index contributed by atoms with van der Waals surface area (Å²) in [5.41, 5.74) is 3.23. The van der Waals surface area contributed by atoms with E-state index in [4.69, 9.17) is 0 Å². The SMILES string of the molecule is CCNC1(c2ccc(C(C)C)cc2)CC1.[HH]. The zero-order valence-electron chi connectivity index (χ0n) is 10.0. The first kappa shape index (κ1) is 10.7. The molecule has 0 atom stereocenters. The Bertz CT molecular complexity index is 325. The summed E-state index contributed by atoms with van der Waals surface area (Å²) in [6, 6.07) is 9.14. The van der Waals surface area contributed by atoms with Crippen LogP contribution in [0.25, 0.3) is 0 Å². The van der Waals surface area contributed by atoms with E-state index in [0.717, 1.165) is 6.54 Å². The first-order valence-corrected chi connectivity index (χ1v) is 6.03. The monoisotopic (exact) mass is 205 g/mol. The van der Waals surface area contributed by atoms with Gasteiger partial charge in [0, 0.05) is 6.97 Å². The molecule has 0 aromatic heterocycles. The Morgan fingerprint density at radius 1 is 1.27 bits per heavy atom. The first-order chi connectivity index (χ1) is 7.18.